The summed E-state index contributed by atoms with van der Waals surface area (Å²) in [6.07, 6.45) is 5.13. The molecule has 1 amide bonds. The number of aryl methyl sites for hydroxylation is 1. The van der Waals surface area contributed by atoms with Crippen molar-refractivity contribution in [3.8, 4) is 5.69 Å². The van der Waals surface area contributed by atoms with E-state index in [1.165, 1.54) is 33.5 Å². The van der Waals surface area contributed by atoms with E-state index < -0.39 is 28.5 Å². The molecule has 1 fully saturated rings. The van der Waals surface area contributed by atoms with Gasteiger partial charge in [0.2, 0.25) is 10.0 Å². The van der Waals surface area contributed by atoms with Gasteiger partial charge in [-0.2, -0.15) is 4.31 Å². The lowest BCUT2D eigenvalue weighted by atomic mass is 10.2. The average molecular weight is 499 g/mol. The minimum absolute atomic E-state index is 0.164. The number of nitrogens with one attached hydrogen (secondary N) is 1. The number of hydrogen-bond acceptors (Lipinski definition) is 8. The molecule has 4 rings (SSSR count). The van der Waals surface area contributed by atoms with E-state index in [1.807, 2.05) is 0 Å². The fourth-order valence-corrected chi connectivity index (χ4v) is 5.59. The zero-order valence-corrected chi connectivity index (χ0v) is 20.1. The zero-order chi connectivity index (χ0) is 24.8. The summed E-state index contributed by atoms with van der Waals surface area (Å²) in [5, 5.41) is 13.5. The predicted octanol–water partition coefficient (Wildman–Crippen LogP) is 2.33. The third-order valence-corrected chi connectivity index (χ3v) is 7.75. The van der Waals surface area contributed by atoms with Gasteiger partial charge in [-0.25, -0.2) is 17.9 Å². The Balaban J connectivity index is 1.37. The molecule has 0 unspecified atom stereocenters. The molecular formula is C23H26N6O5S. The molecule has 0 atom stereocenters. The van der Waals surface area contributed by atoms with Crippen LogP contribution in [0.25, 0.3) is 5.69 Å². The number of rotatable bonds is 7. The topological polar surface area (TPSA) is 136 Å². The van der Waals surface area contributed by atoms with Gasteiger partial charge in [0.1, 0.15) is 6.33 Å². The molecule has 2 heterocycles. The van der Waals surface area contributed by atoms with Gasteiger partial charge >= 0.3 is 5.97 Å². The van der Waals surface area contributed by atoms with Crippen LogP contribution in [0.5, 0.6) is 0 Å². The molecule has 0 spiro atoms. The highest BCUT2D eigenvalue weighted by Crippen LogP contribution is 2.26. The largest absolute Gasteiger partial charge is 0.452 e. The molecule has 11 nitrogen and oxygen atoms in total. The average Bonchev–Trinajstić information content (AvgIpc) is 3.25. The maximum atomic E-state index is 13.2. The first kappa shape index (κ1) is 24.5. The van der Waals surface area contributed by atoms with Crippen LogP contribution < -0.4 is 5.32 Å². The number of nitrogens with zero attached hydrogens (tertiary/aromatic N) is 5. The van der Waals surface area contributed by atoms with Gasteiger partial charge in [0.25, 0.3) is 5.91 Å². The van der Waals surface area contributed by atoms with E-state index in [9.17, 15) is 18.0 Å². The summed E-state index contributed by atoms with van der Waals surface area (Å²) in [5.41, 5.74) is 1.84. The predicted molar refractivity (Wildman–Crippen MR) is 126 cm³/mol. The van der Waals surface area contributed by atoms with E-state index in [0.717, 1.165) is 25.7 Å². The maximum absolute atomic E-state index is 13.2. The van der Waals surface area contributed by atoms with Crippen LogP contribution in [0.2, 0.25) is 0 Å². The minimum atomic E-state index is -3.67. The fourth-order valence-electron chi connectivity index (χ4n) is 3.82. The van der Waals surface area contributed by atoms with Crippen LogP contribution in [0.4, 0.5) is 5.69 Å². The number of amides is 1. The Hall–Kier alpha value is -3.64. The van der Waals surface area contributed by atoms with Gasteiger partial charge in [-0.3, -0.25) is 4.79 Å². The zero-order valence-electron chi connectivity index (χ0n) is 19.3. The van der Waals surface area contributed by atoms with Gasteiger partial charge in [0, 0.05) is 18.8 Å². The molecule has 1 aliphatic heterocycles. The normalized spacial score (nSPS) is 14.8. The van der Waals surface area contributed by atoms with Crippen molar-refractivity contribution in [1.29, 1.82) is 0 Å². The Morgan fingerprint density at radius 2 is 1.74 bits per heavy atom. The Bertz CT molecular complexity index is 1280. The molecule has 0 saturated carbocycles. The van der Waals surface area contributed by atoms with Crippen molar-refractivity contribution < 1.29 is 22.7 Å². The van der Waals surface area contributed by atoms with E-state index in [0.29, 0.717) is 30.0 Å². The number of anilines is 1. The van der Waals surface area contributed by atoms with Crippen molar-refractivity contribution >= 4 is 27.6 Å². The molecule has 1 saturated heterocycles. The number of esters is 1. The second-order valence-corrected chi connectivity index (χ2v) is 10.1. The van der Waals surface area contributed by atoms with Crippen molar-refractivity contribution in [1.82, 2.24) is 24.5 Å². The first-order chi connectivity index (χ1) is 16.8. The minimum Gasteiger partial charge on any atom is -0.452 e. The molecule has 0 bridgehead atoms. The molecule has 0 radical (unpaired) electrons. The molecule has 1 aromatic heterocycles. The van der Waals surface area contributed by atoms with Crippen LogP contribution in [-0.2, 0) is 19.6 Å². The van der Waals surface area contributed by atoms with Crippen molar-refractivity contribution in [2.24, 2.45) is 0 Å². The van der Waals surface area contributed by atoms with Crippen molar-refractivity contribution in [2.75, 3.05) is 25.0 Å². The quantitative estimate of drug-likeness (QED) is 0.490. The molecule has 184 valence electrons. The van der Waals surface area contributed by atoms with Crippen LogP contribution in [0.1, 0.15) is 41.6 Å². The highest BCUT2D eigenvalue weighted by Gasteiger charge is 2.27. The molecule has 35 heavy (non-hydrogen) atoms. The van der Waals surface area contributed by atoms with E-state index in [4.69, 9.17) is 4.74 Å². The summed E-state index contributed by atoms with van der Waals surface area (Å²) in [6, 6.07) is 11.1. The third kappa shape index (κ3) is 5.89. The third-order valence-electron chi connectivity index (χ3n) is 5.71. The number of hydrogen-bond donors (Lipinski definition) is 1. The van der Waals surface area contributed by atoms with Crippen molar-refractivity contribution in [3.05, 3.63) is 59.9 Å². The standard InChI is InChI=1S/C23H26N6O5S/c1-17-6-9-19(14-21(17)35(32,33)28-12-4-2-3-5-13-28)25-22(30)15-34-23(31)18-7-10-20(11-8-18)29-16-24-26-27-29/h6-11,14,16H,2-5,12-13,15H2,1H3,(H,25,30). The van der Waals surface area contributed by atoms with E-state index in [-0.39, 0.29) is 10.5 Å². The molecule has 12 heteroatoms. The van der Waals surface area contributed by atoms with E-state index in [2.05, 4.69) is 20.8 Å². The van der Waals surface area contributed by atoms with Crippen LogP contribution in [0.3, 0.4) is 0 Å². The lowest BCUT2D eigenvalue weighted by Crippen LogP contribution is -2.32. The van der Waals surface area contributed by atoms with Gasteiger partial charge in [-0.05, 0) is 72.2 Å². The van der Waals surface area contributed by atoms with Crippen LogP contribution in [-0.4, -0.2) is 64.5 Å². The fraction of sp³-hybridized carbons (Fsp3) is 0.348. The maximum Gasteiger partial charge on any atom is 0.338 e. The Morgan fingerprint density at radius 3 is 2.40 bits per heavy atom. The number of carbonyl (C=O) groups is 2. The smallest absolute Gasteiger partial charge is 0.338 e. The second-order valence-electron chi connectivity index (χ2n) is 8.22. The van der Waals surface area contributed by atoms with Gasteiger partial charge in [-0.1, -0.05) is 18.9 Å². The second kappa shape index (κ2) is 10.7. The lowest BCUT2D eigenvalue weighted by molar-refractivity contribution is -0.119. The highest BCUT2D eigenvalue weighted by molar-refractivity contribution is 7.89. The van der Waals surface area contributed by atoms with E-state index in [1.54, 1.807) is 31.2 Å². The molecule has 1 N–H and O–H groups in total. The molecule has 3 aromatic rings. The van der Waals surface area contributed by atoms with Gasteiger partial charge in [-0.15, -0.1) is 5.10 Å². The van der Waals surface area contributed by atoms with Gasteiger partial charge in [0.15, 0.2) is 6.61 Å². The summed E-state index contributed by atoms with van der Waals surface area (Å²) < 4.78 is 34.5. The molecule has 1 aliphatic rings. The van der Waals surface area contributed by atoms with Gasteiger partial charge < -0.3 is 10.1 Å². The number of ether oxygens (including phenoxy) is 1. The Labute approximate surface area is 203 Å². The monoisotopic (exact) mass is 498 g/mol. The SMILES string of the molecule is Cc1ccc(NC(=O)COC(=O)c2ccc(-n3cnnn3)cc2)cc1S(=O)(=O)N1CCCCCC1. The van der Waals surface area contributed by atoms with Crippen molar-refractivity contribution in [2.45, 2.75) is 37.5 Å². The lowest BCUT2D eigenvalue weighted by Gasteiger charge is -2.21. The van der Waals surface area contributed by atoms with Crippen LogP contribution in [0, 0.1) is 6.92 Å². The van der Waals surface area contributed by atoms with Gasteiger partial charge in [0.05, 0.1) is 16.1 Å². The summed E-state index contributed by atoms with van der Waals surface area (Å²) in [4.78, 5) is 24.8. The number of carbonyl (C=O) groups excluding carboxylic acids is 2. The molecular weight excluding hydrogens is 472 g/mol. The summed E-state index contributed by atoms with van der Waals surface area (Å²) in [6.45, 7) is 2.19. The van der Waals surface area contributed by atoms with E-state index >= 15 is 0 Å². The summed E-state index contributed by atoms with van der Waals surface area (Å²) in [7, 11) is -3.67. The molecule has 0 aliphatic carbocycles. The number of benzene rings is 2. The summed E-state index contributed by atoms with van der Waals surface area (Å²) in [5.74, 6) is -1.25. The first-order valence-corrected chi connectivity index (χ1v) is 12.7. The number of sulfonamides is 1. The van der Waals surface area contributed by atoms with Crippen molar-refractivity contribution in [3.63, 3.8) is 0 Å². The van der Waals surface area contributed by atoms with Crippen LogP contribution >= 0.6 is 0 Å². The first-order valence-electron chi connectivity index (χ1n) is 11.3. The highest BCUT2D eigenvalue weighted by atomic mass is 32.2. The Morgan fingerprint density at radius 1 is 1.03 bits per heavy atom. The molecule has 2 aromatic carbocycles. The number of aromatic nitrogens is 4. The number of tetrazole rings is 1. The summed E-state index contributed by atoms with van der Waals surface area (Å²) >= 11 is 0. The Kier molecular flexibility index (Phi) is 7.51. The van der Waals surface area contributed by atoms with Crippen LogP contribution in [0.15, 0.2) is 53.7 Å².